The molecule has 1 aromatic heterocycles. The Labute approximate surface area is 373 Å². The molecule has 1 nitrogen and oxygen atoms in total. The molecule has 298 valence electrons. The van der Waals surface area contributed by atoms with Crippen molar-refractivity contribution in [2.75, 3.05) is 0 Å². The predicted molar refractivity (Wildman–Crippen MR) is 279 cm³/mol. The summed E-state index contributed by atoms with van der Waals surface area (Å²) >= 11 is 0. The molecule has 15 rings (SSSR count). The third-order valence-corrected chi connectivity index (χ3v) is 14.6. The Hall–Kier alpha value is -8.52. The summed E-state index contributed by atoms with van der Waals surface area (Å²) < 4.78 is 6.64. The zero-order valence-corrected chi connectivity index (χ0v) is 35.2. The fourth-order valence-electron chi connectivity index (χ4n) is 11.6. The molecule has 0 radical (unpaired) electrons. The Morgan fingerprint density at radius 3 is 1.34 bits per heavy atom. The van der Waals surface area contributed by atoms with E-state index in [4.69, 9.17) is 4.42 Å². The first-order valence-electron chi connectivity index (χ1n) is 22.6. The highest BCUT2D eigenvalue weighted by molar-refractivity contribution is 6.30. The number of hydrogen-bond donors (Lipinski definition) is 0. The van der Waals surface area contributed by atoms with Gasteiger partial charge in [-0.25, -0.2) is 0 Å². The lowest BCUT2D eigenvalue weighted by Gasteiger charge is -2.17. The number of fused-ring (bicyclic) bond motifs is 14. The van der Waals surface area contributed by atoms with Crippen LogP contribution in [0.1, 0.15) is 0 Å². The maximum atomic E-state index is 6.64. The molecule has 0 spiro atoms. The SMILES string of the molecule is c1cc(-c2cc3c4ccccc4ccc3c3ccccc23)cc(-c2ccc3ccc4c(-c5ccc6oc7cc8c9ccccc9c9ccccc9c8cc7c6c5)ccc5ccc2c3c54)c1. The second kappa shape index (κ2) is 13.0. The molecule has 65 heavy (non-hydrogen) atoms. The first-order chi connectivity index (χ1) is 32.2. The van der Waals surface area contributed by atoms with Crippen molar-refractivity contribution in [3.05, 3.63) is 218 Å². The number of benzene rings is 14. The molecule has 0 saturated heterocycles. The molecule has 14 aromatic carbocycles. The van der Waals surface area contributed by atoms with Gasteiger partial charge in [0.25, 0.3) is 0 Å². The lowest BCUT2D eigenvalue weighted by Crippen LogP contribution is -1.90. The van der Waals surface area contributed by atoms with E-state index in [0.29, 0.717) is 0 Å². The zero-order valence-electron chi connectivity index (χ0n) is 35.2. The third kappa shape index (κ3) is 4.93. The molecule has 1 heterocycles. The maximum absolute atomic E-state index is 6.64. The molecule has 0 unspecified atom stereocenters. The Balaban J connectivity index is 0.902. The van der Waals surface area contributed by atoms with Gasteiger partial charge in [0.05, 0.1) is 0 Å². The van der Waals surface area contributed by atoms with Gasteiger partial charge in [-0.2, -0.15) is 0 Å². The summed E-state index contributed by atoms with van der Waals surface area (Å²) in [6, 6.07) is 81.2. The van der Waals surface area contributed by atoms with Crippen LogP contribution in [0, 0.1) is 0 Å². The van der Waals surface area contributed by atoms with Crippen LogP contribution in [0.3, 0.4) is 0 Å². The highest BCUT2D eigenvalue weighted by atomic mass is 16.3. The summed E-state index contributed by atoms with van der Waals surface area (Å²) in [5, 5.41) is 25.2. The van der Waals surface area contributed by atoms with E-state index in [0.717, 1.165) is 21.9 Å². The molecule has 0 fully saturated rings. The standard InChI is InChI=1S/C64H36O/c1-2-13-43-37(10-1)20-28-52-48-16-3-6-17-49(48)55(34-56(43)52)41-12-9-11-40(32-41)44-26-21-38-24-30-54-45(27-22-39-23-29-53(44)63(38)64(39)54)42-25-31-61-59(33-42)60-35-57-50-18-7-4-14-46(50)47-15-5-8-19-51(47)58(57)36-62(60)65-61/h1-36H. The largest absolute Gasteiger partial charge is 0.456 e. The van der Waals surface area contributed by atoms with Crippen molar-refractivity contribution in [3.63, 3.8) is 0 Å². The van der Waals surface area contributed by atoms with Gasteiger partial charge in [0, 0.05) is 10.8 Å². The van der Waals surface area contributed by atoms with Crippen LogP contribution >= 0.6 is 0 Å². The minimum absolute atomic E-state index is 0.905. The first kappa shape index (κ1) is 35.0. The van der Waals surface area contributed by atoms with E-state index in [-0.39, 0.29) is 0 Å². The molecule has 0 aliphatic rings. The van der Waals surface area contributed by atoms with Crippen molar-refractivity contribution in [3.8, 4) is 33.4 Å². The quantitative estimate of drug-likeness (QED) is 0.162. The minimum Gasteiger partial charge on any atom is -0.456 e. The third-order valence-electron chi connectivity index (χ3n) is 14.6. The molecule has 0 N–H and O–H groups in total. The van der Waals surface area contributed by atoms with E-state index in [9.17, 15) is 0 Å². The molecule has 1 heteroatoms. The number of hydrogen-bond acceptors (Lipinski definition) is 1. The average molecular weight is 821 g/mol. The second-order valence-corrected chi connectivity index (χ2v) is 17.9. The van der Waals surface area contributed by atoms with E-state index in [1.165, 1.54) is 130 Å². The van der Waals surface area contributed by atoms with Crippen LogP contribution in [-0.4, -0.2) is 0 Å². The van der Waals surface area contributed by atoms with Crippen LogP contribution in [0.4, 0.5) is 0 Å². The van der Waals surface area contributed by atoms with Gasteiger partial charge < -0.3 is 4.42 Å². The normalized spacial score (nSPS) is 12.3. The second-order valence-electron chi connectivity index (χ2n) is 17.9. The van der Waals surface area contributed by atoms with Gasteiger partial charge in [0.2, 0.25) is 0 Å². The smallest absolute Gasteiger partial charge is 0.136 e. The molecule has 0 aliphatic heterocycles. The van der Waals surface area contributed by atoms with Crippen molar-refractivity contribution in [1.29, 1.82) is 0 Å². The van der Waals surface area contributed by atoms with Gasteiger partial charge in [0.15, 0.2) is 0 Å². The van der Waals surface area contributed by atoms with E-state index >= 15 is 0 Å². The molecule has 0 saturated carbocycles. The van der Waals surface area contributed by atoms with Gasteiger partial charge in [-0.3, -0.25) is 0 Å². The summed E-state index contributed by atoms with van der Waals surface area (Å²) in [4.78, 5) is 0. The summed E-state index contributed by atoms with van der Waals surface area (Å²) in [6.07, 6.45) is 0. The van der Waals surface area contributed by atoms with Crippen LogP contribution in [0.15, 0.2) is 223 Å². The Morgan fingerprint density at radius 2 is 0.662 bits per heavy atom. The van der Waals surface area contributed by atoms with Gasteiger partial charge in [0.1, 0.15) is 11.2 Å². The number of rotatable bonds is 3. The molecular formula is C64H36O. The minimum atomic E-state index is 0.905. The molecule has 0 bridgehead atoms. The Morgan fingerprint density at radius 1 is 0.200 bits per heavy atom. The fourth-order valence-corrected chi connectivity index (χ4v) is 11.6. The van der Waals surface area contributed by atoms with Crippen LogP contribution in [0.2, 0.25) is 0 Å². The molecule has 0 aliphatic carbocycles. The lowest BCUT2D eigenvalue weighted by atomic mass is 9.86. The van der Waals surface area contributed by atoms with E-state index in [1.807, 2.05) is 0 Å². The van der Waals surface area contributed by atoms with Crippen molar-refractivity contribution in [2.24, 2.45) is 0 Å². The van der Waals surface area contributed by atoms with Crippen molar-refractivity contribution in [2.45, 2.75) is 0 Å². The summed E-state index contributed by atoms with van der Waals surface area (Å²) in [7, 11) is 0. The van der Waals surface area contributed by atoms with Crippen LogP contribution < -0.4 is 0 Å². The lowest BCUT2D eigenvalue weighted by molar-refractivity contribution is 0.669. The van der Waals surface area contributed by atoms with E-state index < -0.39 is 0 Å². The van der Waals surface area contributed by atoms with Gasteiger partial charge in [-0.05, 0) is 167 Å². The van der Waals surface area contributed by atoms with Gasteiger partial charge in [-0.15, -0.1) is 0 Å². The zero-order chi connectivity index (χ0) is 42.3. The van der Waals surface area contributed by atoms with Crippen LogP contribution in [0.25, 0.3) is 152 Å². The summed E-state index contributed by atoms with van der Waals surface area (Å²) in [5.41, 5.74) is 9.17. The summed E-state index contributed by atoms with van der Waals surface area (Å²) in [5.74, 6) is 0. The average Bonchev–Trinajstić information content (AvgIpc) is 3.74. The van der Waals surface area contributed by atoms with Crippen molar-refractivity contribution in [1.82, 2.24) is 0 Å². The van der Waals surface area contributed by atoms with E-state index in [2.05, 4.69) is 218 Å². The molecule has 15 aromatic rings. The highest BCUT2D eigenvalue weighted by Crippen LogP contribution is 2.46. The fraction of sp³-hybridized carbons (Fsp3) is 0. The van der Waals surface area contributed by atoms with Crippen LogP contribution in [0.5, 0.6) is 0 Å². The molecule has 0 amide bonds. The first-order valence-corrected chi connectivity index (χ1v) is 22.6. The van der Waals surface area contributed by atoms with Gasteiger partial charge >= 0.3 is 0 Å². The van der Waals surface area contributed by atoms with Crippen molar-refractivity contribution < 1.29 is 4.42 Å². The van der Waals surface area contributed by atoms with Gasteiger partial charge in [-0.1, -0.05) is 182 Å². The summed E-state index contributed by atoms with van der Waals surface area (Å²) in [6.45, 7) is 0. The van der Waals surface area contributed by atoms with Crippen molar-refractivity contribution >= 4 is 119 Å². The maximum Gasteiger partial charge on any atom is 0.136 e. The number of furan rings is 1. The van der Waals surface area contributed by atoms with Crippen LogP contribution in [-0.2, 0) is 0 Å². The topological polar surface area (TPSA) is 13.1 Å². The molecular weight excluding hydrogens is 785 g/mol. The Bertz CT molecular complexity index is 4530. The molecule has 0 atom stereocenters. The van der Waals surface area contributed by atoms with E-state index in [1.54, 1.807) is 0 Å². The Kier molecular flexibility index (Phi) is 7.01. The predicted octanol–water partition coefficient (Wildman–Crippen LogP) is 18.4. The monoisotopic (exact) mass is 820 g/mol. The highest BCUT2D eigenvalue weighted by Gasteiger charge is 2.19.